The molecule has 0 aliphatic carbocycles. The number of fused-ring (bicyclic) bond motifs is 1. The molecule has 4 rings (SSSR count). The zero-order valence-electron chi connectivity index (χ0n) is 13.4. The molecule has 1 saturated heterocycles. The van der Waals surface area contributed by atoms with Crippen LogP contribution in [0.3, 0.4) is 0 Å². The largest absolute Gasteiger partial charge is 0.330 e. The van der Waals surface area contributed by atoms with E-state index >= 15 is 0 Å². The molecule has 1 atom stereocenters. The molecule has 3 heterocycles. The molecule has 120 valence electrons. The average Bonchev–Trinajstić information content (AvgIpc) is 3.26. The predicted octanol–water partition coefficient (Wildman–Crippen LogP) is 3.15. The van der Waals surface area contributed by atoms with Crippen LogP contribution in [0.4, 0.5) is 0 Å². The maximum absolute atomic E-state index is 5.84. The Labute approximate surface area is 140 Å². The normalized spacial score (nSPS) is 19.0. The maximum Gasteiger partial charge on any atom is 0.194 e. The van der Waals surface area contributed by atoms with E-state index in [0.29, 0.717) is 5.92 Å². The highest BCUT2D eigenvalue weighted by molar-refractivity contribution is 7.15. The number of hydrogen-bond donors (Lipinski definition) is 1. The SMILES string of the molecule is Cc1ccc(-c2nc3sccn3c2CN2CCC(CN)C2)cc1. The van der Waals surface area contributed by atoms with Gasteiger partial charge in [-0.15, -0.1) is 11.3 Å². The number of benzene rings is 1. The van der Waals surface area contributed by atoms with Gasteiger partial charge < -0.3 is 5.73 Å². The predicted molar refractivity (Wildman–Crippen MR) is 95.7 cm³/mol. The molecular formula is C18H22N4S. The van der Waals surface area contributed by atoms with E-state index in [2.05, 4.69) is 52.1 Å². The van der Waals surface area contributed by atoms with Crippen LogP contribution in [0.2, 0.25) is 0 Å². The van der Waals surface area contributed by atoms with Gasteiger partial charge in [-0.25, -0.2) is 4.98 Å². The number of aromatic nitrogens is 2. The Balaban J connectivity index is 1.70. The van der Waals surface area contributed by atoms with Crippen LogP contribution in [-0.2, 0) is 6.54 Å². The summed E-state index contributed by atoms with van der Waals surface area (Å²) in [7, 11) is 0. The lowest BCUT2D eigenvalue weighted by Crippen LogP contribution is -2.23. The third-order valence-corrected chi connectivity index (χ3v) is 5.52. The van der Waals surface area contributed by atoms with E-state index in [1.54, 1.807) is 11.3 Å². The van der Waals surface area contributed by atoms with Gasteiger partial charge in [-0.1, -0.05) is 29.8 Å². The smallest absolute Gasteiger partial charge is 0.194 e. The van der Waals surface area contributed by atoms with Crippen molar-refractivity contribution in [1.82, 2.24) is 14.3 Å². The Hall–Kier alpha value is -1.69. The third-order valence-electron chi connectivity index (χ3n) is 4.76. The van der Waals surface area contributed by atoms with Crippen molar-refractivity contribution in [3.63, 3.8) is 0 Å². The van der Waals surface area contributed by atoms with Crippen LogP contribution in [-0.4, -0.2) is 33.9 Å². The van der Waals surface area contributed by atoms with Gasteiger partial charge in [-0.2, -0.15) is 0 Å². The molecule has 1 unspecified atom stereocenters. The lowest BCUT2D eigenvalue weighted by molar-refractivity contribution is 0.313. The van der Waals surface area contributed by atoms with Gasteiger partial charge >= 0.3 is 0 Å². The van der Waals surface area contributed by atoms with Crippen molar-refractivity contribution in [1.29, 1.82) is 0 Å². The van der Waals surface area contributed by atoms with Crippen LogP contribution < -0.4 is 5.73 Å². The number of imidazole rings is 1. The fourth-order valence-electron chi connectivity index (χ4n) is 3.39. The summed E-state index contributed by atoms with van der Waals surface area (Å²) in [6.07, 6.45) is 3.35. The van der Waals surface area contributed by atoms with Gasteiger partial charge in [0, 0.05) is 30.2 Å². The first-order chi connectivity index (χ1) is 11.2. The minimum Gasteiger partial charge on any atom is -0.330 e. The van der Waals surface area contributed by atoms with Gasteiger partial charge in [0.25, 0.3) is 0 Å². The van der Waals surface area contributed by atoms with Crippen LogP contribution in [0.5, 0.6) is 0 Å². The van der Waals surface area contributed by atoms with Crippen LogP contribution in [0.15, 0.2) is 35.8 Å². The highest BCUT2D eigenvalue weighted by Crippen LogP contribution is 2.29. The van der Waals surface area contributed by atoms with Crippen molar-refractivity contribution in [3.8, 4) is 11.3 Å². The zero-order valence-corrected chi connectivity index (χ0v) is 14.2. The molecule has 0 radical (unpaired) electrons. The third kappa shape index (κ3) is 2.80. The van der Waals surface area contributed by atoms with E-state index < -0.39 is 0 Å². The second-order valence-electron chi connectivity index (χ2n) is 6.45. The van der Waals surface area contributed by atoms with Crippen LogP contribution >= 0.6 is 11.3 Å². The molecule has 2 aromatic heterocycles. The van der Waals surface area contributed by atoms with Gasteiger partial charge in [-0.3, -0.25) is 9.30 Å². The van der Waals surface area contributed by atoms with E-state index in [1.807, 2.05) is 0 Å². The summed E-state index contributed by atoms with van der Waals surface area (Å²) in [5.41, 5.74) is 10.7. The summed E-state index contributed by atoms with van der Waals surface area (Å²) in [6, 6.07) is 8.68. The van der Waals surface area contributed by atoms with Gasteiger partial charge in [0.15, 0.2) is 4.96 Å². The van der Waals surface area contributed by atoms with Crippen molar-refractivity contribution in [2.75, 3.05) is 19.6 Å². The summed E-state index contributed by atoms with van der Waals surface area (Å²) < 4.78 is 2.25. The molecule has 3 aromatic rings. The quantitative estimate of drug-likeness (QED) is 0.801. The number of rotatable bonds is 4. The number of likely N-dealkylation sites (tertiary alicyclic amines) is 1. The van der Waals surface area contributed by atoms with E-state index in [4.69, 9.17) is 10.7 Å². The Morgan fingerprint density at radius 2 is 2.13 bits per heavy atom. The monoisotopic (exact) mass is 326 g/mol. The minimum absolute atomic E-state index is 0.642. The summed E-state index contributed by atoms with van der Waals surface area (Å²) in [4.78, 5) is 8.47. The fourth-order valence-corrected chi connectivity index (χ4v) is 4.12. The summed E-state index contributed by atoms with van der Waals surface area (Å²) in [6.45, 7) is 6.08. The van der Waals surface area contributed by atoms with E-state index in [-0.39, 0.29) is 0 Å². The molecule has 1 aliphatic heterocycles. The second-order valence-corrected chi connectivity index (χ2v) is 7.33. The van der Waals surface area contributed by atoms with Crippen molar-refractivity contribution >= 4 is 16.3 Å². The Morgan fingerprint density at radius 1 is 1.30 bits per heavy atom. The van der Waals surface area contributed by atoms with Gasteiger partial charge in [0.05, 0.1) is 11.4 Å². The molecule has 4 nitrogen and oxygen atoms in total. The molecule has 1 aromatic carbocycles. The number of aryl methyl sites for hydroxylation is 1. The molecule has 1 fully saturated rings. The Kier molecular flexibility index (Phi) is 3.93. The zero-order chi connectivity index (χ0) is 15.8. The molecule has 1 aliphatic rings. The topological polar surface area (TPSA) is 46.6 Å². The lowest BCUT2D eigenvalue weighted by Gasteiger charge is -2.16. The summed E-state index contributed by atoms with van der Waals surface area (Å²) >= 11 is 1.70. The number of hydrogen-bond acceptors (Lipinski definition) is 4. The maximum atomic E-state index is 5.84. The van der Waals surface area contributed by atoms with Gasteiger partial charge in [0.2, 0.25) is 0 Å². The highest BCUT2D eigenvalue weighted by Gasteiger charge is 2.24. The second kappa shape index (κ2) is 6.07. The molecule has 5 heteroatoms. The fraction of sp³-hybridized carbons (Fsp3) is 0.389. The first kappa shape index (κ1) is 14.9. The molecule has 0 saturated carbocycles. The molecule has 2 N–H and O–H groups in total. The highest BCUT2D eigenvalue weighted by atomic mass is 32.1. The van der Waals surface area contributed by atoms with Crippen LogP contribution in [0.25, 0.3) is 16.2 Å². The van der Waals surface area contributed by atoms with Crippen LogP contribution in [0, 0.1) is 12.8 Å². The number of nitrogens with two attached hydrogens (primary N) is 1. The van der Waals surface area contributed by atoms with E-state index in [0.717, 1.165) is 36.8 Å². The van der Waals surface area contributed by atoms with Crippen molar-refractivity contribution in [2.24, 2.45) is 11.7 Å². The minimum atomic E-state index is 0.642. The Morgan fingerprint density at radius 3 is 2.87 bits per heavy atom. The lowest BCUT2D eigenvalue weighted by atomic mass is 10.1. The molecule has 23 heavy (non-hydrogen) atoms. The van der Waals surface area contributed by atoms with Crippen LogP contribution in [0.1, 0.15) is 17.7 Å². The van der Waals surface area contributed by atoms with E-state index in [1.165, 1.54) is 23.2 Å². The first-order valence-corrected chi connectivity index (χ1v) is 9.06. The average molecular weight is 326 g/mol. The first-order valence-electron chi connectivity index (χ1n) is 8.18. The van der Waals surface area contributed by atoms with E-state index in [9.17, 15) is 0 Å². The molecule has 0 bridgehead atoms. The standard InChI is InChI=1S/C18H22N4S/c1-13-2-4-15(5-3-13)17-16(22-8-9-23-18(22)20-17)12-21-7-6-14(10-19)11-21/h2-5,8-9,14H,6-7,10-12,19H2,1H3. The summed E-state index contributed by atoms with van der Waals surface area (Å²) in [5, 5.41) is 2.11. The molecular weight excluding hydrogens is 304 g/mol. The van der Waals surface area contributed by atoms with Crippen molar-refractivity contribution < 1.29 is 0 Å². The van der Waals surface area contributed by atoms with Gasteiger partial charge in [0.1, 0.15) is 0 Å². The molecule has 0 amide bonds. The number of thiazole rings is 1. The number of nitrogens with zero attached hydrogens (tertiary/aromatic N) is 3. The Bertz CT molecular complexity index is 802. The summed E-state index contributed by atoms with van der Waals surface area (Å²) in [5.74, 6) is 0.642. The van der Waals surface area contributed by atoms with Crippen molar-refractivity contribution in [3.05, 3.63) is 47.1 Å². The van der Waals surface area contributed by atoms with Gasteiger partial charge in [-0.05, 0) is 32.4 Å². The van der Waals surface area contributed by atoms with Crippen molar-refractivity contribution in [2.45, 2.75) is 19.9 Å². The molecule has 0 spiro atoms.